The van der Waals surface area contributed by atoms with Gasteiger partial charge in [0.05, 0.1) is 25.1 Å². The van der Waals surface area contributed by atoms with Gasteiger partial charge in [-0.2, -0.15) is 0 Å². The molecule has 0 saturated carbocycles. The molecule has 0 aliphatic carbocycles. The number of amides is 1. The van der Waals surface area contributed by atoms with E-state index in [1.54, 1.807) is 30.3 Å². The fourth-order valence-electron chi connectivity index (χ4n) is 2.73. The Bertz CT molecular complexity index is 702. The number of nitrogens with one attached hydrogen (secondary N) is 1. The summed E-state index contributed by atoms with van der Waals surface area (Å²) in [6.45, 7) is 2.15. The molecule has 1 atom stereocenters. The van der Waals surface area contributed by atoms with Crippen LogP contribution in [0.4, 0.5) is 15.9 Å². The number of carbonyl (C=O) groups is 1. The lowest BCUT2D eigenvalue weighted by Gasteiger charge is -2.33. The summed E-state index contributed by atoms with van der Waals surface area (Å²) in [4.78, 5) is 18.7. The SMILES string of the molecule is Nc1ccc(NC(=O)C(c2ccccc2F)N2CCOCC2)cn1. The van der Waals surface area contributed by atoms with Crippen molar-refractivity contribution in [3.05, 3.63) is 54.0 Å². The summed E-state index contributed by atoms with van der Waals surface area (Å²) in [6.07, 6.45) is 1.48. The number of benzene rings is 1. The van der Waals surface area contributed by atoms with Gasteiger partial charge in [-0.15, -0.1) is 0 Å². The summed E-state index contributed by atoms with van der Waals surface area (Å²) in [5.41, 5.74) is 6.41. The van der Waals surface area contributed by atoms with Gasteiger partial charge in [0.1, 0.15) is 17.7 Å². The fraction of sp³-hybridized carbons (Fsp3) is 0.294. The Morgan fingerprint density at radius 3 is 2.67 bits per heavy atom. The lowest BCUT2D eigenvalue weighted by atomic mass is 10.0. The van der Waals surface area contributed by atoms with Crippen molar-refractivity contribution in [1.82, 2.24) is 9.88 Å². The summed E-state index contributed by atoms with van der Waals surface area (Å²) in [6, 6.07) is 8.87. The minimum Gasteiger partial charge on any atom is -0.384 e. The van der Waals surface area contributed by atoms with Crippen LogP contribution in [-0.4, -0.2) is 42.1 Å². The molecule has 1 aromatic carbocycles. The molecule has 1 amide bonds. The molecule has 24 heavy (non-hydrogen) atoms. The highest BCUT2D eigenvalue weighted by Gasteiger charge is 2.31. The summed E-state index contributed by atoms with van der Waals surface area (Å²) in [5.74, 6) is -0.347. The maximum absolute atomic E-state index is 14.3. The van der Waals surface area contributed by atoms with Crippen LogP contribution in [0.5, 0.6) is 0 Å². The van der Waals surface area contributed by atoms with Gasteiger partial charge in [0.15, 0.2) is 0 Å². The number of hydrogen-bond donors (Lipinski definition) is 2. The van der Waals surface area contributed by atoms with Crippen molar-refractivity contribution in [3.63, 3.8) is 0 Å². The van der Waals surface area contributed by atoms with Gasteiger partial charge in [-0.05, 0) is 18.2 Å². The third-order valence-electron chi connectivity index (χ3n) is 3.91. The van der Waals surface area contributed by atoms with Crippen molar-refractivity contribution in [2.75, 3.05) is 37.4 Å². The second kappa shape index (κ2) is 7.37. The van der Waals surface area contributed by atoms with Crippen LogP contribution < -0.4 is 11.1 Å². The molecule has 1 aliphatic rings. The Hall–Kier alpha value is -2.51. The second-order valence-corrected chi connectivity index (χ2v) is 5.53. The zero-order chi connectivity index (χ0) is 16.9. The summed E-state index contributed by atoms with van der Waals surface area (Å²) in [7, 11) is 0. The van der Waals surface area contributed by atoms with Gasteiger partial charge >= 0.3 is 0 Å². The Morgan fingerprint density at radius 2 is 2.00 bits per heavy atom. The minimum absolute atomic E-state index is 0.312. The number of aromatic nitrogens is 1. The molecular formula is C17H19FN4O2. The predicted molar refractivity (Wildman–Crippen MR) is 88.8 cm³/mol. The van der Waals surface area contributed by atoms with Crippen LogP contribution in [0.3, 0.4) is 0 Å². The predicted octanol–water partition coefficient (Wildman–Crippen LogP) is 1.81. The van der Waals surface area contributed by atoms with Crippen molar-refractivity contribution >= 4 is 17.4 Å². The molecule has 3 N–H and O–H groups in total. The molecule has 2 aromatic rings. The van der Waals surface area contributed by atoms with Gasteiger partial charge in [0.25, 0.3) is 0 Å². The smallest absolute Gasteiger partial charge is 0.246 e. The van der Waals surface area contributed by atoms with Gasteiger partial charge in [0, 0.05) is 18.7 Å². The molecule has 1 unspecified atom stereocenters. The van der Waals surface area contributed by atoms with Gasteiger partial charge in [0.2, 0.25) is 5.91 Å². The zero-order valence-corrected chi connectivity index (χ0v) is 13.1. The van der Waals surface area contributed by atoms with Crippen molar-refractivity contribution in [3.8, 4) is 0 Å². The van der Waals surface area contributed by atoms with Crippen molar-refractivity contribution < 1.29 is 13.9 Å². The van der Waals surface area contributed by atoms with E-state index < -0.39 is 11.9 Å². The van der Waals surface area contributed by atoms with E-state index in [0.29, 0.717) is 43.4 Å². The molecular weight excluding hydrogens is 311 g/mol. The van der Waals surface area contributed by atoms with E-state index in [-0.39, 0.29) is 5.91 Å². The van der Waals surface area contributed by atoms with Crippen LogP contribution in [0.25, 0.3) is 0 Å². The van der Waals surface area contributed by atoms with Gasteiger partial charge in [-0.25, -0.2) is 9.37 Å². The van der Waals surface area contributed by atoms with E-state index in [0.717, 1.165) is 0 Å². The average molecular weight is 330 g/mol. The molecule has 6 nitrogen and oxygen atoms in total. The molecule has 7 heteroatoms. The van der Waals surface area contributed by atoms with Crippen LogP contribution in [0.2, 0.25) is 0 Å². The topological polar surface area (TPSA) is 80.5 Å². The second-order valence-electron chi connectivity index (χ2n) is 5.53. The van der Waals surface area contributed by atoms with Gasteiger partial charge in [-0.3, -0.25) is 9.69 Å². The number of hydrogen-bond acceptors (Lipinski definition) is 5. The van der Waals surface area contributed by atoms with E-state index in [9.17, 15) is 9.18 Å². The van der Waals surface area contributed by atoms with Crippen LogP contribution in [0.1, 0.15) is 11.6 Å². The standard InChI is InChI=1S/C17H19FN4O2/c18-14-4-2-1-3-13(14)16(22-7-9-24-10-8-22)17(23)21-12-5-6-15(19)20-11-12/h1-6,11,16H,7-10H2,(H2,19,20)(H,21,23). The zero-order valence-electron chi connectivity index (χ0n) is 13.1. The number of pyridine rings is 1. The van der Waals surface area contributed by atoms with Crippen LogP contribution >= 0.6 is 0 Å². The molecule has 1 fully saturated rings. The number of nitrogens with zero attached hydrogens (tertiary/aromatic N) is 2. The van der Waals surface area contributed by atoms with E-state index in [1.807, 2.05) is 4.90 Å². The molecule has 2 heterocycles. The summed E-state index contributed by atoms with van der Waals surface area (Å²) >= 11 is 0. The first-order valence-electron chi connectivity index (χ1n) is 7.74. The molecule has 1 aromatic heterocycles. The number of rotatable bonds is 4. The first-order valence-corrected chi connectivity index (χ1v) is 7.74. The molecule has 126 valence electrons. The lowest BCUT2D eigenvalue weighted by molar-refractivity contribution is -0.123. The molecule has 0 radical (unpaired) electrons. The highest BCUT2D eigenvalue weighted by atomic mass is 19.1. The van der Waals surface area contributed by atoms with Crippen LogP contribution in [0.15, 0.2) is 42.6 Å². The number of nitrogens with two attached hydrogens (primary N) is 1. The third-order valence-corrected chi connectivity index (χ3v) is 3.91. The first-order chi connectivity index (χ1) is 11.6. The molecule has 0 bridgehead atoms. The quantitative estimate of drug-likeness (QED) is 0.894. The Morgan fingerprint density at radius 1 is 1.25 bits per heavy atom. The number of halogens is 1. The van der Waals surface area contributed by atoms with Crippen molar-refractivity contribution in [2.45, 2.75) is 6.04 Å². The Balaban J connectivity index is 1.87. The summed E-state index contributed by atoms with van der Waals surface area (Å²) < 4.78 is 19.6. The maximum atomic E-state index is 14.3. The largest absolute Gasteiger partial charge is 0.384 e. The van der Waals surface area contributed by atoms with Gasteiger partial charge in [-0.1, -0.05) is 18.2 Å². The minimum atomic E-state index is -0.729. The van der Waals surface area contributed by atoms with E-state index in [4.69, 9.17) is 10.5 Å². The number of anilines is 2. The Labute approximate surface area is 139 Å². The number of carbonyl (C=O) groups excluding carboxylic acids is 1. The molecule has 3 rings (SSSR count). The molecule has 1 aliphatic heterocycles. The molecule has 0 spiro atoms. The third kappa shape index (κ3) is 3.69. The highest BCUT2D eigenvalue weighted by Crippen LogP contribution is 2.26. The molecule has 1 saturated heterocycles. The van der Waals surface area contributed by atoms with Crippen molar-refractivity contribution in [1.29, 1.82) is 0 Å². The first kappa shape index (κ1) is 16.4. The normalized spacial score (nSPS) is 16.5. The lowest BCUT2D eigenvalue weighted by Crippen LogP contribution is -2.44. The monoisotopic (exact) mass is 330 g/mol. The number of morpholine rings is 1. The Kier molecular flexibility index (Phi) is 5.02. The maximum Gasteiger partial charge on any atom is 0.246 e. The average Bonchev–Trinajstić information content (AvgIpc) is 2.60. The fourth-order valence-corrected chi connectivity index (χ4v) is 2.73. The van der Waals surface area contributed by atoms with Gasteiger partial charge < -0.3 is 15.8 Å². The van der Waals surface area contributed by atoms with Crippen LogP contribution in [-0.2, 0) is 9.53 Å². The van der Waals surface area contributed by atoms with Crippen molar-refractivity contribution in [2.24, 2.45) is 0 Å². The van der Waals surface area contributed by atoms with E-state index in [1.165, 1.54) is 12.3 Å². The van der Waals surface area contributed by atoms with Crippen LogP contribution in [0, 0.1) is 5.82 Å². The van der Waals surface area contributed by atoms with E-state index >= 15 is 0 Å². The van der Waals surface area contributed by atoms with E-state index in [2.05, 4.69) is 10.3 Å². The number of ether oxygens (including phenoxy) is 1. The summed E-state index contributed by atoms with van der Waals surface area (Å²) in [5, 5.41) is 2.79. The number of nitrogen functional groups attached to an aromatic ring is 1. The highest BCUT2D eigenvalue weighted by molar-refractivity contribution is 5.95.